The molecule has 1 rings (SSSR count). The molecule has 2 unspecified atom stereocenters. The van der Waals surface area contributed by atoms with Gasteiger partial charge in [-0.15, -0.1) is 0 Å². The van der Waals surface area contributed by atoms with Crippen molar-refractivity contribution in [3.63, 3.8) is 0 Å². The van der Waals surface area contributed by atoms with Crippen molar-refractivity contribution >= 4 is 11.9 Å². The first kappa shape index (κ1) is 25.7. The number of carbonyl (C=O) groups is 2. The Morgan fingerprint density at radius 3 is 2.04 bits per heavy atom. The Morgan fingerprint density at radius 1 is 0.923 bits per heavy atom. The topological polar surface area (TPSA) is 66.4 Å². The Balaban J connectivity index is 0.00000625. The SMILES string of the molecule is CCCCCCCCCCC/C=C/OC(=O)C1CCCCC1C(=O)[O-].[Na+]. The molecule has 0 heterocycles. The molecule has 0 radical (unpaired) electrons. The van der Waals surface area contributed by atoms with Crippen LogP contribution >= 0.6 is 0 Å². The molecule has 4 nitrogen and oxygen atoms in total. The molecule has 0 bridgehead atoms. The van der Waals surface area contributed by atoms with E-state index in [1.165, 1.54) is 57.6 Å². The van der Waals surface area contributed by atoms with Crippen molar-refractivity contribution in [2.75, 3.05) is 0 Å². The number of carbonyl (C=O) groups excluding carboxylic acids is 2. The molecule has 0 amide bonds. The van der Waals surface area contributed by atoms with E-state index in [0.29, 0.717) is 12.8 Å². The van der Waals surface area contributed by atoms with Crippen molar-refractivity contribution in [1.82, 2.24) is 0 Å². The predicted octanol–water partition coefficient (Wildman–Crippen LogP) is 1.52. The summed E-state index contributed by atoms with van der Waals surface area (Å²) in [7, 11) is 0. The Labute approximate surface area is 181 Å². The van der Waals surface area contributed by atoms with Gasteiger partial charge in [-0.25, -0.2) is 0 Å². The largest absolute Gasteiger partial charge is 1.00 e. The van der Waals surface area contributed by atoms with Gasteiger partial charge in [-0.05, 0) is 31.8 Å². The number of unbranched alkanes of at least 4 members (excludes halogenated alkanes) is 9. The maximum Gasteiger partial charge on any atom is 1.00 e. The summed E-state index contributed by atoms with van der Waals surface area (Å²) in [5, 5.41) is 11.1. The number of allylic oxidation sites excluding steroid dienone is 1. The van der Waals surface area contributed by atoms with E-state index in [1.54, 1.807) is 0 Å². The molecule has 144 valence electrons. The van der Waals surface area contributed by atoms with Crippen LogP contribution in [0.4, 0.5) is 0 Å². The maximum absolute atomic E-state index is 12.0. The van der Waals surface area contributed by atoms with Crippen molar-refractivity contribution in [2.24, 2.45) is 11.8 Å². The molecular weight excluding hydrogens is 339 g/mol. The van der Waals surface area contributed by atoms with Crippen LogP contribution in [0.3, 0.4) is 0 Å². The van der Waals surface area contributed by atoms with Crippen LogP contribution in [-0.4, -0.2) is 11.9 Å². The number of hydrogen-bond acceptors (Lipinski definition) is 4. The van der Waals surface area contributed by atoms with Gasteiger partial charge in [0.05, 0.1) is 12.2 Å². The minimum atomic E-state index is -1.12. The van der Waals surface area contributed by atoms with Crippen LogP contribution in [0.25, 0.3) is 0 Å². The van der Waals surface area contributed by atoms with Crippen LogP contribution in [0.15, 0.2) is 12.3 Å². The van der Waals surface area contributed by atoms with E-state index < -0.39 is 23.8 Å². The Hall–Kier alpha value is -0.320. The molecule has 0 saturated heterocycles. The Bertz CT molecular complexity index is 409. The Morgan fingerprint density at radius 2 is 1.46 bits per heavy atom. The zero-order valence-corrected chi connectivity index (χ0v) is 18.8. The van der Waals surface area contributed by atoms with Crippen molar-refractivity contribution in [1.29, 1.82) is 0 Å². The third kappa shape index (κ3) is 11.4. The standard InChI is InChI=1S/C21H36O4.Na/c1-2-3-4-5-6-7-8-9-10-11-14-17-25-21(24)19-16-13-12-15-18(19)20(22)23;/h14,17-19H,2-13,15-16H2,1H3,(H,22,23);/q;+1/p-1/b17-14+;. The van der Waals surface area contributed by atoms with Gasteiger partial charge in [-0.3, -0.25) is 4.79 Å². The number of carboxylic acids is 1. The first-order chi connectivity index (χ1) is 12.2. The van der Waals surface area contributed by atoms with Gasteiger partial charge in [-0.1, -0.05) is 71.1 Å². The van der Waals surface area contributed by atoms with Crippen molar-refractivity contribution < 1.29 is 49.0 Å². The molecule has 26 heavy (non-hydrogen) atoms. The van der Waals surface area contributed by atoms with Crippen LogP contribution in [0, 0.1) is 11.8 Å². The minimum absolute atomic E-state index is 0. The molecule has 0 aromatic rings. The number of ether oxygens (including phenoxy) is 1. The molecule has 0 aromatic carbocycles. The summed E-state index contributed by atoms with van der Waals surface area (Å²) in [6.45, 7) is 2.24. The van der Waals surface area contributed by atoms with Crippen LogP contribution < -0.4 is 34.7 Å². The molecule has 0 N–H and O–H groups in total. The van der Waals surface area contributed by atoms with Crippen molar-refractivity contribution in [3.8, 4) is 0 Å². The number of rotatable bonds is 13. The predicted molar refractivity (Wildman–Crippen MR) is 97.5 cm³/mol. The quantitative estimate of drug-likeness (QED) is 0.212. The normalized spacial score (nSPS) is 19.9. The average Bonchev–Trinajstić information content (AvgIpc) is 2.62. The van der Waals surface area contributed by atoms with Crippen LogP contribution in [0.2, 0.25) is 0 Å². The fraction of sp³-hybridized carbons (Fsp3) is 0.810. The van der Waals surface area contributed by atoms with Crippen LogP contribution in [0.5, 0.6) is 0 Å². The van der Waals surface area contributed by atoms with E-state index in [4.69, 9.17) is 4.74 Å². The van der Waals surface area contributed by atoms with Crippen molar-refractivity contribution in [2.45, 2.75) is 96.8 Å². The van der Waals surface area contributed by atoms with E-state index in [0.717, 1.165) is 25.7 Å². The minimum Gasteiger partial charge on any atom is -0.550 e. The molecule has 1 fully saturated rings. The molecular formula is C21H35NaO4. The monoisotopic (exact) mass is 374 g/mol. The van der Waals surface area contributed by atoms with Crippen molar-refractivity contribution in [3.05, 3.63) is 12.3 Å². The number of carboxylic acid groups (broad SMARTS) is 1. The first-order valence-corrected chi connectivity index (χ1v) is 10.2. The fourth-order valence-electron chi connectivity index (χ4n) is 3.54. The molecule has 2 atom stereocenters. The maximum atomic E-state index is 12.0. The van der Waals surface area contributed by atoms with Crippen LogP contribution in [-0.2, 0) is 14.3 Å². The summed E-state index contributed by atoms with van der Waals surface area (Å²) in [6, 6.07) is 0. The van der Waals surface area contributed by atoms with Gasteiger partial charge in [0, 0.05) is 11.9 Å². The Kier molecular flexibility index (Phi) is 16.6. The van der Waals surface area contributed by atoms with E-state index in [9.17, 15) is 14.7 Å². The summed E-state index contributed by atoms with van der Waals surface area (Å²) in [4.78, 5) is 23.1. The summed E-state index contributed by atoms with van der Waals surface area (Å²) >= 11 is 0. The zero-order valence-electron chi connectivity index (χ0n) is 16.8. The zero-order chi connectivity index (χ0) is 18.3. The van der Waals surface area contributed by atoms with E-state index in [2.05, 4.69) is 6.92 Å². The molecule has 5 heteroatoms. The van der Waals surface area contributed by atoms with Gasteiger partial charge in [-0.2, -0.15) is 0 Å². The molecule has 1 aliphatic carbocycles. The van der Waals surface area contributed by atoms with E-state index in [1.807, 2.05) is 6.08 Å². The molecule has 1 saturated carbocycles. The van der Waals surface area contributed by atoms with Gasteiger partial charge in [0.1, 0.15) is 0 Å². The van der Waals surface area contributed by atoms with Gasteiger partial charge in [0.2, 0.25) is 0 Å². The number of aliphatic carboxylic acids is 1. The number of hydrogen-bond donors (Lipinski definition) is 0. The van der Waals surface area contributed by atoms with Gasteiger partial charge >= 0.3 is 35.5 Å². The smallest absolute Gasteiger partial charge is 0.550 e. The van der Waals surface area contributed by atoms with E-state index >= 15 is 0 Å². The second-order valence-electron chi connectivity index (χ2n) is 7.24. The second-order valence-corrected chi connectivity index (χ2v) is 7.24. The first-order valence-electron chi connectivity index (χ1n) is 10.2. The summed E-state index contributed by atoms with van der Waals surface area (Å²) in [5.74, 6) is -2.78. The molecule has 1 aliphatic rings. The molecule has 0 aromatic heterocycles. The van der Waals surface area contributed by atoms with Gasteiger partial charge in [0.15, 0.2) is 0 Å². The number of esters is 1. The molecule has 0 spiro atoms. The molecule has 0 aliphatic heterocycles. The fourth-order valence-corrected chi connectivity index (χ4v) is 3.54. The van der Waals surface area contributed by atoms with E-state index in [-0.39, 0.29) is 29.6 Å². The summed E-state index contributed by atoms with van der Waals surface area (Å²) in [6.07, 6.45) is 18.7. The second kappa shape index (κ2) is 16.8. The summed E-state index contributed by atoms with van der Waals surface area (Å²) < 4.78 is 5.13. The third-order valence-corrected chi connectivity index (χ3v) is 5.13. The third-order valence-electron chi connectivity index (χ3n) is 5.13. The summed E-state index contributed by atoms with van der Waals surface area (Å²) in [5.41, 5.74) is 0. The average molecular weight is 374 g/mol. The van der Waals surface area contributed by atoms with Gasteiger partial charge < -0.3 is 14.6 Å². The van der Waals surface area contributed by atoms with Crippen LogP contribution in [0.1, 0.15) is 96.8 Å². The van der Waals surface area contributed by atoms with Gasteiger partial charge in [0.25, 0.3) is 0 Å².